The van der Waals surface area contributed by atoms with Gasteiger partial charge in [0.05, 0.1) is 18.6 Å². The van der Waals surface area contributed by atoms with Gasteiger partial charge in [-0.05, 0) is 39.8 Å². The Bertz CT molecular complexity index is 327. The van der Waals surface area contributed by atoms with E-state index in [0.29, 0.717) is 19.1 Å². The number of piperidine rings is 1. The van der Waals surface area contributed by atoms with E-state index >= 15 is 0 Å². The largest absolute Gasteiger partial charge is 0.379 e. The van der Waals surface area contributed by atoms with Gasteiger partial charge in [0.2, 0.25) is 5.91 Å². The Labute approximate surface area is 116 Å². The molecule has 0 aromatic rings. The van der Waals surface area contributed by atoms with Crippen LogP contribution < -0.4 is 5.73 Å². The maximum absolute atomic E-state index is 12.6. The van der Waals surface area contributed by atoms with E-state index in [4.69, 9.17) is 10.5 Å². The van der Waals surface area contributed by atoms with Crippen molar-refractivity contribution in [2.75, 3.05) is 46.9 Å². The van der Waals surface area contributed by atoms with Crippen molar-refractivity contribution in [3.63, 3.8) is 0 Å². The van der Waals surface area contributed by atoms with Crippen LogP contribution in [0.1, 0.15) is 19.8 Å². The van der Waals surface area contributed by atoms with Crippen molar-refractivity contribution >= 4 is 5.91 Å². The molecule has 0 aromatic heterocycles. The highest BCUT2D eigenvalue weighted by Crippen LogP contribution is 2.31. The maximum atomic E-state index is 12.6. The minimum atomic E-state index is -0.519. The minimum Gasteiger partial charge on any atom is -0.379 e. The monoisotopic (exact) mass is 269 g/mol. The minimum absolute atomic E-state index is 0.167. The van der Waals surface area contributed by atoms with Gasteiger partial charge in [-0.15, -0.1) is 0 Å². The van der Waals surface area contributed by atoms with Gasteiger partial charge in [0.25, 0.3) is 0 Å². The summed E-state index contributed by atoms with van der Waals surface area (Å²) in [5.41, 5.74) is 5.52. The first-order valence-electron chi connectivity index (χ1n) is 7.21. The summed E-state index contributed by atoms with van der Waals surface area (Å²) in [6, 6.07) is -0.167. The molecule has 5 nitrogen and oxygen atoms in total. The summed E-state index contributed by atoms with van der Waals surface area (Å²) in [6.45, 7) is 5.74. The van der Waals surface area contributed by atoms with Crippen molar-refractivity contribution < 1.29 is 9.53 Å². The Morgan fingerprint density at radius 2 is 2.05 bits per heavy atom. The molecule has 2 N–H and O–H groups in total. The van der Waals surface area contributed by atoms with E-state index in [2.05, 4.69) is 19.0 Å². The van der Waals surface area contributed by atoms with Crippen molar-refractivity contribution in [3.05, 3.63) is 0 Å². The molecule has 2 fully saturated rings. The van der Waals surface area contributed by atoms with Crippen LogP contribution in [-0.4, -0.2) is 68.7 Å². The second kappa shape index (κ2) is 5.77. The van der Waals surface area contributed by atoms with Crippen LogP contribution in [-0.2, 0) is 9.53 Å². The fourth-order valence-electron chi connectivity index (χ4n) is 3.11. The molecule has 2 saturated heterocycles. The fraction of sp³-hybridized carbons (Fsp3) is 0.929. The standard InChI is InChI=1S/C14H27N3O2/c1-14(10-19-9-12(14)15)13(18)17-6-4-11(5-7-17)8-16(2)3/h11-12H,4-10,15H2,1-3H3. The molecule has 2 aliphatic heterocycles. The van der Waals surface area contributed by atoms with E-state index in [9.17, 15) is 4.79 Å². The lowest BCUT2D eigenvalue weighted by molar-refractivity contribution is -0.143. The summed E-state index contributed by atoms with van der Waals surface area (Å²) in [7, 11) is 4.21. The molecule has 0 saturated carbocycles. The predicted octanol–water partition coefficient (Wildman–Crippen LogP) is 0.150. The molecule has 0 bridgehead atoms. The number of carbonyl (C=O) groups excluding carboxylic acids is 1. The van der Waals surface area contributed by atoms with E-state index < -0.39 is 5.41 Å². The summed E-state index contributed by atoms with van der Waals surface area (Å²) >= 11 is 0. The van der Waals surface area contributed by atoms with Crippen molar-refractivity contribution in [2.24, 2.45) is 17.1 Å². The Kier molecular flexibility index (Phi) is 4.48. The second-order valence-corrected chi connectivity index (χ2v) is 6.54. The lowest BCUT2D eigenvalue weighted by atomic mass is 9.83. The van der Waals surface area contributed by atoms with E-state index in [1.165, 1.54) is 0 Å². The van der Waals surface area contributed by atoms with Crippen molar-refractivity contribution in [1.29, 1.82) is 0 Å². The lowest BCUT2D eigenvalue weighted by Gasteiger charge is -2.38. The number of nitrogens with zero attached hydrogens (tertiary/aromatic N) is 2. The van der Waals surface area contributed by atoms with Crippen LogP contribution in [0.5, 0.6) is 0 Å². The molecule has 0 aromatic carbocycles. The average molecular weight is 269 g/mol. The molecule has 2 rings (SSSR count). The first kappa shape index (κ1) is 14.8. The molecule has 1 amide bonds. The number of likely N-dealkylation sites (tertiary alicyclic amines) is 1. The van der Waals surface area contributed by atoms with E-state index in [1.807, 2.05) is 11.8 Å². The van der Waals surface area contributed by atoms with Gasteiger partial charge in [-0.3, -0.25) is 4.79 Å². The normalized spacial score (nSPS) is 33.1. The zero-order chi connectivity index (χ0) is 14.0. The molecular weight excluding hydrogens is 242 g/mol. The summed E-state index contributed by atoms with van der Waals surface area (Å²) in [5, 5.41) is 0. The molecule has 0 spiro atoms. The third-order valence-electron chi connectivity index (χ3n) is 4.53. The number of ether oxygens (including phenoxy) is 1. The Balaban J connectivity index is 1.89. The average Bonchev–Trinajstić information content (AvgIpc) is 2.70. The highest BCUT2D eigenvalue weighted by Gasteiger charge is 2.46. The maximum Gasteiger partial charge on any atom is 0.232 e. The number of hydrogen-bond donors (Lipinski definition) is 1. The molecule has 2 unspecified atom stereocenters. The van der Waals surface area contributed by atoms with Crippen LogP contribution in [0.4, 0.5) is 0 Å². The van der Waals surface area contributed by atoms with Crippen molar-refractivity contribution in [1.82, 2.24) is 9.80 Å². The van der Waals surface area contributed by atoms with Gasteiger partial charge >= 0.3 is 0 Å². The van der Waals surface area contributed by atoms with Crippen LogP contribution in [0.3, 0.4) is 0 Å². The molecule has 5 heteroatoms. The van der Waals surface area contributed by atoms with Crippen LogP contribution in [0.25, 0.3) is 0 Å². The number of amides is 1. The number of rotatable bonds is 3. The van der Waals surface area contributed by atoms with Gasteiger partial charge in [-0.1, -0.05) is 0 Å². The third kappa shape index (κ3) is 3.09. The highest BCUT2D eigenvalue weighted by molar-refractivity contribution is 5.83. The van der Waals surface area contributed by atoms with Crippen LogP contribution in [0.15, 0.2) is 0 Å². The van der Waals surface area contributed by atoms with Gasteiger partial charge in [0, 0.05) is 25.7 Å². The van der Waals surface area contributed by atoms with E-state index in [1.54, 1.807) is 0 Å². The zero-order valence-corrected chi connectivity index (χ0v) is 12.4. The summed E-state index contributed by atoms with van der Waals surface area (Å²) in [4.78, 5) is 16.8. The Morgan fingerprint density at radius 1 is 1.42 bits per heavy atom. The van der Waals surface area contributed by atoms with Gasteiger partial charge in [0.15, 0.2) is 0 Å². The SMILES string of the molecule is CN(C)CC1CCN(C(=O)C2(C)COCC2N)CC1. The van der Waals surface area contributed by atoms with E-state index in [-0.39, 0.29) is 11.9 Å². The fourth-order valence-corrected chi connectivity index (χ4v) is 3.11. The van der Waals surface area contributed by atoms with Gasteiger partial charge in [-0.25, -0.2) is 0 Å². The van der Waals surface area contributed by atoms with Crippen molar-refractivity contribution in [2.45, 2.75) is 25.8 Å². The first-order valence-corrected chi connectivity index (χ1v) is 7.21. The lowest BCUT2D eigenvalue weighted by Crippen LogP contribution is -2.53. The molecule has 2 atom stereocenters. The number of nitrogens with two attached hydrogens (primary N) is 1. The van der Waals surface area contributed by atoms with Crippen LogP contribution in [0, 0.1) is 11.3 Å². The molecule has 0 aliphatic carbocycles. The van der Waals surface area contributed by atoms with Gasteiger partial charge in [-0.2, -0.15) is 0 Å². The number of carbonyl (C=O) groups is 1. The van der Waals surface area contributed by atoms with Gasteiger partial charge in [0.1, 0.15) is 0 Å². The summed E-state index contributed by atoms with van der Waals surface area (Å²) in [5.74, 6) is 0.890. The molecular formula is C14H27N3O2. The smallest absolute Gasteiger partial charge is 0.232 e. The second-order valence-electron chi connectivity index (χ2n) is 6.54. The van der Waals surface area contributed by atoms with Crippen LogP contribution >= 0.6 is 0 Å². The first-order chi connectivity index (χ1) is 8.93. The summed E-state index contributed by atoms with van der Waals surface area (Å²) in [6.07, 6.45) is 2.19. The molecule has 110 valence electrons. The zero-order valence-electron chi connectivity index (χ0n) is 12.4. The quantitative estimate of drug-likeness (QED) is 0.792. The molecule has 2 aliphatic rings. The summed E-state index contributed by atoms with van der Waals surface area (Å²) < 4.78 is 5.38. The van der Waals surface area contributed by atoms with Crippen LogP contribution in [0.2, 0.25) is 0 Å². The Morgan fingerprint density at radius 3 is 2.53 bits per heavy atom. The van der Waals surface area contributed by atoms with Crippen molar-refractivity contribution in [3.8, 4) is 0 Å². The Hall–Kier alpha value is -0.650. The molecule has 2 heterocycles. The highest BCUT2D eigenvalue weighted by atomic mass is 16.5. The third-order valence-corrected chi connectivity index (χ3v) is 4.53. The number of hydrogen-bond acceptors (Lipinski definition) is 4. The predicted molar refractivity (Wildman–Crippen MR) is 74.8 cm³/mol. The molecule has 0 radical (unpaired) electrons. The van der Waals surface area contributed by atoms with Gasteiger partial charge < -0.3 is 20.3 Å². The molecule has 19 heavy (non-hydrogen) atoms. The topological polar surface area (TPSA) is 58.8 Å². The van der Waals surface area contributed by atoms with E-state index in [0.717, 1.165) is 32.5 Å².